The summed E-state index contributed by atoms with van der Waals surface area (Å²) < 4.78 is 0.473. The molecule has 0 saturated heterocycles. The Bertz CT molecular complexity index is 290. The lowest BCUT2D eigenvalue weighted by Gasteiger charge is -2.13. The predicted molar refractivity (Wildman–Crippen MR) is 55.4 cm³/mol. The molecule has 0 aliphatic rings. The Hall–Kier alpha value is -1.42. The minimum atomic E-state index is -1.14. The van der Waals surface area contributed by atoms with Gasteiger partial charge in [-0.1, -0.05) is 25.6 Å². The first-order valence-corrected chi connectivity index (χ1v) is 4.20. The lowest BCUT2D eigenvalue weighted by atomic mass is 10.4. The van der Waals surface area contributed by atoms with Crippen molar-refractivity contribution in [3.05, 3.63) is 0 Å². The van der Waals surface area contributed by atoms with Gasteiger partial charge >= 0.3 is 12.1 Å². The van der Waals surface area contributed by atoms with Crippen LogP contribution in [0.4, 0.5) is 9.59 Å². The second kappa shape index (κ2) is 5.46. The lowest BCUT2D eigenvalue weighted by molar-refractivity contribution is -0.132. The number of carbonyl (C=O) groups excluding carboxylic acids is 4. The van der Waals surface area contributed by atoms with Gasteiger partial charge in [-0.05, 0) is 0 Å². The molecule has 84 valence electrons. The third-order valence-corrected chi connectivity index (χ3v) is 2.03. The Kier molecular flexibility index (Phi) is 4.94. The molecule has 10 heteroatoms. The maximum atomic E-state index is 11.0. The van der Waals surface area contributed by atoms with E-state index in [1.165, 1.54) is 0 Å². The molecule has 0 aliphatic heterocycles. The van der Waals surface area contributed by atoms with E-state index in [1.54, 1.807) is 0 Å². The topological polar surface area (TPSA) is 127 Å². The standard InChI is InChI=1S/C5H8N4O4S2/c6-4(12)8(14)2(10)1-3(11)9(15)5(7)13/h14-15H,1H2,(H2,6,12)(H2,7,13). The highest BCUT2D eigenvalue weighted by molar-refractivity contribution is 7.79. The van der Waals surface area contributed by atoms with Gasteiger partial charge in [0.2, 0.25) is 11.8 Å². The molecule has 6 amide bonds. The summed E-state index contributed by atoms with van der Waals surface area (Å²) in [6.45, 7) is 0. The van der Waals surface area contributed by atoms with E-state index in [4.69, 9.17) is 11.5 Å². The molecule has 0 atom stereocenters. The molecule has 0 unspecified atom stereocenters. The number of carbonyl (C=O) groups is 4. The van der Waals surface area contributed by atoms with Gasteiger partial charge in [0.05, 0.1) is 0 Å². The van der Waals surface area contributed by atoms with E-state index in [0.717, 1.165) is 0 Å². The van der Waals surface area contributed by atoms with Crippen LogP contribution in [0.25, 0.3) is 0 Å². The highest BCUT2D eigenvalue weighted by atomic mass is 32.1. The number of thiol groups is 2. The summed E-state index contributed by atoms with van der Waals surface area (Å²) in [6, 6.07) is -2.28. The zero-order valence-electron chi connectivity index (χ0n) is 7.28. The van der Waals surface area contributed by atoms with Crippen LogP contribution in [-0.2, 0) is 9.59 Å². The number of hydrogen-bond donors (Lipinski definition) is 4. The zero-order chi connectivity index (χ0) is 12.2. The monoisotopic (exact) mass is 252 g/mol. The minimum Gasteiger partial charge on any atom is -0.350 e. The molecule has 0 aromatic heterocycles. The van der Waals surface area contributed by atoms with Crippen molar-refractivity contribution in [2.75, 3.05) is 0 Å². The maximum Gasteiger partial charge on any atom is 0.331 e. The van der Waals surface area contributed by atoms with Gasteiger partial charge in [-0.3, -0.25) is 9.59 Å². The highest BCUT2D eigenvalue weighted by Crippen LogP contribution is 2.03. The molecule has 0 spiro atoms. The fraction of sp³-hybridized carbons (Fsp3) is 0.200. The van der Waals surface area contributed by atoms with Crippen LogP contribution in [0.2, 0.25) is 0 Å². The third-order valence-electron chi connectivity index (χ3n) is 1.19. The average molecular weight is 252 g/mol. The van der Waals surface area contributed by atoms with E-state index in [-0.39, 0.29) is 8.61 Å². The SMILES string of the molecule is NC(=O)N(S)C(=O)CC(=O)N(S)C(N)=O. The summed E-state index contributed by atoms with van der Waals surface area (Å²) in [5, 5.41) is 0. The number of hydrogen-bond acceptors (Lipinski definition) is 6. The summed E-state index contributed by atoms with van der Waals surface area (Å²) in [5.74, 6) is -1.98. The van der Waals surface area contributed by atoms with Gasteiger partial charge in [0.1, 0.15) is 6.42 Å². The lowest BCUT2D eigenvalue weighted by Crippen LogP contribution is -2.39. The zero-order valence-corrected chi connectivity index (χ0v) is 9.07. The molecule has 0 heterocycles. The van der Waals surface area contributed by atoms with Crippen molar-refractivity contribution >= 4 is 49.5 Å². The van der Waals surface area contributed by atoms with Gasteiger partial charge in [-0.2, -0.15) is 0 Å². The molecule has 0 bridgehead atoms. The molecule has 0 saturated carbocycles. The van der Waals surface area contributed by atoms with E-state index >= 15 is 0 Å². The number of imide groups is 2. The third kappa shape index (κ3) is 4.08. The van der Waals surface area contributed by atoms with Crippen LogP contribution in [0.1, 0.15) is 6.42 Å². The van der Waals surface area contributed by atoms with E-state index < -0.39 is 30.3 Å². The number of primary amides is 2. The molecule has 0 aromatic rings. The van der Waals surface area contributed by atoms with Gasteiger partial charge in [-0.25, -0.2) is 18.2 Å². The number of rotatable bonds is 2. The minimum absolute atomic E-state index is 0.237. The Balaban J connectivity index is 4.37. The maximum absolute atomic E-state index is 11.0. The summed E-state index contributed by atoms with van der Waals surface area (Å²) in [5.41, 5.74) is 9.41. The van der Waals surface area contributed by atoms with Crippen molar-refractivity contribution in [2.45, 2.75) is 6.42 Å². The molecular formula is C5H8N4O4S2. The number of amides is 6. The van der Waals surface area contributed by atoms with Crippen molar-refractivity contribution in [1.82, 2.24) is 8.61 Å². The summed E-state index contributed by atoms with van der Waals surface area (Å²) >= 11 is 6.82. The molecule has 0 rings (SSSR count). The van der Waals surface area contributed by atoms with Crippen molar-refractivity contribution in [3.63, 3.8) is 0 Å². The average Bonchev–Trinajstić information content (AvgIpc) is 2.14. The van der Waals surface area contributed by atoms with Crippen molar-refractivity contribution in [2.24, 2.45) is 11.5 Å². The van der Waals surface area contributed by atoms with E-state index in [0.29, 0.717) is 0 Å². The fourth-order valence-corrected chi connectivity index (χ4v) is 0.666. The molecule has 8 nitrogen and oxygen atoms in total. The summed E-state index contributed by atoms with van der Waals surface area (Å²) in [7, 11) is 0. The molecule has 0 radical (unpaired) electrons. The van der Waals surface area contributed by atoms with Crippen LogP contribution in [0.5, 0.6) is 0 Å². The van der Waals surface area contributed by atoms with Crippen molar-refractivity contribution in [1.29, 1.82) is 0 Å². The van der Waals surface area contributed by atoms with Crippen molar-refractivity contribution < 1.29 is 19.2 Å². The van der Waals surface area contributed by atoms with Crippen LogP contribution in [0, 0.1) is 0 Å². The first-order chi connectivity index (χ1) is 6.77. The second-order valence-electron chi connectivity index (χ2n) is 2.26. The van der Waals surface area contributed by atoms with Crippen molar-refractivity contribution in [3.8, 4) is 0 Å². The van der Waals surface area contributed by atoms with Crippen LogP contribution in [0.15, 0.2) is 0 Å². The van der Waals surface area contributed by atoms with Gasteiger partial charge in [-0.15, -0.1) is 0 Å². The van der Waals surface area contributed by atoms with Gasteiger partial charge in [0.15, 0.2) is 0 Å². The van der Waals surface area contributed by atoms with Crippen LogP contribution < -0.4 is 11.5 Å². The largest absolute Gasteiger partial charge is 0.350 e. The number of nitrogens with zero attached hydrogens (tertiary/aromatic N) is 2. The number of urea groups is 2. The summed E-state index contributed by atoms with van der Waals surface area (Å²) in [4.78, 5) is 43.0. The quantitative estimate of drug-likeness (QED) is 0.366. The van der Waals surface area contributed by atoms with Crippen LogP contribution >= 0.6 is 25.6 Å². The molecule has 4 N–H and O–H groups in total. The highest BCUT2D eigenvalue weighted by Gasteiger charge is 2.23. The summed E-state index contributed by atoms with van der Waals surface area (Å²) in [6.07, 6.45) is -0.793. The second-order valence-corrected chi connectivity index (χ2v) is 3.06. The molecule has 0 fully saturated rings. The molecule has 0 aromatic carbocycles. The van der Waals surface area contributed by atoms with Crippen LogP contribution in [-0.4, -0.2) is 32.5 Å². The Morgan fingerprint density at radius 2 is 1.13 bits per heavy atom. The predicted octanol–water partition coefficient (Wildman–Crippen LogP) is -1.12. The number of nitrogens with two attached hydrogens (primary N) is 2. The Morgan fingerprint density at radius 3 is 1.33 bits per heavy atom. The van der Waals surface area contributed by atoms with Gasteiger partial charge < -0.3 is 11.5 Å². The van der Waals surface area contributed by atoms with Gasteiger partial charge in [0, 0.05) is 0 Å². The molecule has 0 aliphatic carbocycles. The van der Waals surface area contributed by atoms with E-state index in [1.807, 2.05) is 0 Å². The first kappa shape index (κ1) is 13.6. The van der Waals surface area contributed by atoms with Gasteiger partial charge in [0.25, 0.3) is 0 Å². The molecule has 15 heavy (non-hydrogen) atoms. The smallest absolute Gasteiger partial charge is 0.331 e. The molecular weight excluding hydrogens is 244 g/mol. The van der Waals surface area contributed by atoms with E-state index in [2.05, 4.69) is 25.6 Å². The first-order valence-electron chi connectivity index (χ1n) is 3.40. The van der Waals surface area contributed by atoms with E-state index in [9.17, 15) is 19.2 Å². The van der Waals surface area contributed by atoms with Crippen LogP contribution in [0.3, 0.4) is 0 Å². The Labute approximate surface area is 95.6 Å². The Morgan fingerprint density at radius 1 is 0.867 bits per heavy atom. The normalized spacial score (nSPS) is 9.20. The fourth-order valence-electron chi connectivity index (χ4n) is 0.525.